The third kappa shape index (κ3) is 5.20. The van der Waals surface area contributed by atoms with Crippen molar-refractivity contribution in [1.29, 1.82) is 0 Å². The topological polar surface area (TPSA) is 75.9 Å². The first kappa shape index (κ1) is 20.9. The van der Waals surface area contributed by atoms with Crippen LogP contribution in [-0.2, 0) is 5.75 Å². The van der Waals surface area contributed by atoms with Gasteiger partial charge in [-0.2, -0.15) is 19.6 Å². The molecule has 0 amide bonds. The first-order chi connectivity index (χ1) is 14.6. The van der Waals surface area contributed by atoms with Gasteiger partial charge >= 0.3 is 0 Å². The van der Waals surface area contributed by atoms with Crippen LogP contribution in [0.5, 0.6) is 0 Å². The number of thioether (sulfide) groups is 1. The summed E-state index contributed by atoms with van der Waals surface area (Å²) in [6, 6.07) is 7.80. The molecular formula is C20H25ClN8S. The van der Waals surface area contributed by atoms with Crippen molar-refractivity contribution in [2.45, 2.75) is 36.6 Å². The summed E-state index contributed by atoms with van der Waals surface area (Å²) >= 11 is 7.51. The number of nitrogens with zero attached hydrogens (tertiary/aromatic N) is 8. The molecule has 158 valence electrons. The Morgan fingerprint density at radius 2 is 1.67 bits per heavy atom. The van der Waals surface area contributed by atoms with E-state index in [-0.39, 0.29) is 0 Å². The summed E-state index contributed by atoms with van der Waals surface area (Å²) in [6.07, 6.45) is 6.49. The van der Waals surface area contributed by atoms with Gasteiger partial charge in [0.2, 0.25) is 17.1 Å². The minimum atomic E-state index is 0.485. The van der Waals surface area contributed by atoms with Crippen molar-refractivity contribution in [3.63, 3.8) is 0 Å². The number of rotatable bonds is 6. The van der Waals surface area contributed by atoms with Gasteiger partial charge in [0.1, 0.15) is 6.33 Å². The predicted molar refractivity (Wildman–Crippen MR) is 121 cm³/mol. The molecule has 1 fully saturated rings. The van der Waals surface area contributed by atoms with E-state index < -0.39 is 0 Å². The smallest absolute Gasteiger partial charge is 0.258 e. The normalized spacial score (nSPS) is 14.6. The minimum absolute atomic E-state index is 0.485. The highest BCUT2D eigenvalue weighted by Gasteiger charge is 2.18. The third-order valence-corrected chi connectivity index (χ3v) is 6.02. The maximum atomic E-state index is 5.95. The Kier molecular flexibility index (Phi) is 6.69. The van der Waals surface area contributed by atoms with E-state index in [1.165, 1.54) is 18.4 Å². The van der Waals surface area contributed by atoms with Crippen LogP contribution in [0.3, 0.4) is 0 Å². The van der Waals surface area contributed by atoms with E-state index in [9.17, 15) is 0 Å². The number of anilines is 2. The fourth-order valence-electron chi connectivity index (χ4n) is 3.20. The highest BCUT2D eigenvalue weighted by Crippen LogP contribution is 2.22. The van der Waals surface area contributed by atoms with Gasteiger partial charge in [0.25, 0.3) is 5.95 Å². The molecule has 10 heteroatoms. The second kappa shape index (κ2) is 9.61. The molecule has 0 spiro atoms. The fraction of sp³-hybridized carbons (Fsp3) is 0.450. The van der Waals surface area contributed by atoms with Gasteiger partial charge in [-0.25, -0.2) is 4.98 Å². The van der Waals surface area contributed by atoms with Crippen LogP contribution in [0.25, 0.3) is 5.95 Å². The molecule has 0 bridgehead atoms. The molecule has 1 saturated heterocycles. The average Bonchev–Trinajstić information content (AvgIpc) is 3.06. The number of aromatic nitrogens is 6. The fourth-order valence-corrected chi connectivity index (χ4v) is 4.08. The maximum Gasteiger partial charge on any atom is 0.258 e. The van der Waals surface area contributed by atoms with E-state index in [0.29, 0.717) is 23.0 Å². The lowest BCUT2D eigenvalue weighted by molar-refractivity contribution is 0.723. The molecule has 3 aromatic rings. The molecule has 0 atom stereocenters. The largest absolute Gasteiger partial charge is 0.347 e. The van der Waals surface area contributed by atoms with Gasteiger partial charge in [-0.1, -0.05) is 48.3 Å². The molecule has 1 aliphatic heterocycles. The first-order valence-corrected chi connectivity index (χ1v) is 11.4. The maximum absolute atomic E-state index is 5.95. The Morgan fingerprint density at radius 3 is 2.37 bits per heavy atom. The summed E-state index contributed by atoms with van der Waals surface area (Å²) < 4.78 is 1.63. The standard InChI is InChI=1S/C20H25ClN8S/c1-27(2)17-23-18(28-11-5-3-4-6-12-28)25-19(24-17)29-14-22-20(26-29)30-13-15-7-9-16(21)10-8-15/h7-10,14H,3-6,11-13H2,1-2H3. The zero-order valence-corrected chi connectivity index (χ0v) is 18.8. The van der Waals surface area contributed by atoms with Gasteiger partial charge in [0.15, 0.2) is 0 Å². The quantitative estimate of drug-likeness (QED) is 0.531. The highest BCUT2D eigenvalue weighted by molar-refractivity contribution is 7.98. The monoisotopic (exact) mass is 444 g/mol. The molecule has 0 N–H and O–H groups in total. The molecule has 8 nitrogen and oxygen atoms in total. The molecule has 1 aliphatic rings. The van der Waals surface area contributed by atoms with E-state index >= 15 is 0 Å². The molecule has 2 aromatic heterocycles. The van der Waals surface area contributed by atoms with Gasteiger partial charge in [0.05, 0.1) is 0 Å². The van der Waals surface area contributed by atoms with Crippen molar-refractivity contribution in [2.75, 3.05) is 37.0 Å². The third-order valence-electron chi connectivity index (χ3n) is 4.85. The SMILES string of the molecule is CN(C)c1nc(N2CCCCCC2)nc(-n2cnc(SCc3ccc(Cl)cc3)n2)n1. The van der Waals surface area contributed by atoms with Crippen molar-refractivity contribution in [1.82, 2.24) is 29.7 Å². The summed E-state index contributed by atoms with van der Waals surface area (Å²) in [5, 5.41) is 5.98. The number of hydrogen-bond acceptors (Lipinski definition) is 8. The Morgan fingerprint density at radius 1 is 0.967 bits per heavy atom. The van der Waals surface area contributed by atoms with Crippen molar-refractivity contribution >= 4 is 35.3 Å². The second-order valence-electron chi connectivity index (χ2n) is 7.42. The highest BCUT2D eigenvalue weighted by atomic mass is 35.5. The average molecular weight is 445 g/mol. The summed E-state index contributed by atoms with van der Waals surface area (Å²) in [5.41, 5.74) is 1.17. The van der Waals surface area contributed by atoms with Crippen LogP contribution in [0.1, 0.15) is 31.2 Å². The summed E-state index contributed by atoms with van der Waals surface area (Å²) in [5.74, 6) is 2.57. The predicted octanol–water partition coefficient (Wildman–Crippen LogP) is 3.84. The Hall–Kier alpha value is -2.39. The Labute approximate surface area is 185 Å². The summed E-state index contributed by atoms with van der Waals surface area (Å²) in [6.45, 7) is 1.94. The van der Waals surface area contributed by atoms with Crippen LogP contribution in [0.4, 0.5) is 11.9 Å². The van der Waals surface area contributed by atoms with Gasteiger partial charge in [-0.15, -0.1) is 5.10 Å². The van der Waals surface area contributed by atoms with Gasteiger partial charge < -0.3 is 9.80 Å². The second-order valence-corrected chi connectivity index (χ2v) is 8.80. The van der Waals surface area contributed by atoms with Gasteiger partial charge in [-0.05, 0) is 30.5 Å². The Bertz CT molecular complexity index is 967. The van der Waals surface area contributed by atoms with Crippen LogP contribution in [0.15, 0.2) is 35.7 Å². The van der Waals surface area contributed by atoms with Crippen molar-refractivity contribution in [3.05, 3.63) is 41.2 Å². The van der Waals surface area contributed by atoms with Crippen molar-refractivity contribution in [3.8, 4) is 5.95 Å². The van der Waals surface area contributed by atoms with E-state index in [1.54, 1.807) is 22.8 Å². The van der Waals surface area contributed by atoms with Crippen LogP contribution >= 0.6 is 23.4 Å². The van der Waals surface area contributed by atoms with Gasteiger partial charge in [0, 0.05) is 38.0 Å². The van der Waals surface area contributed by atoms with E-state index in [0.717, 1.165) is 36.7 Å². The molecule has 4 rings (SSSR count). The molecule has 1 aromatic carbocycles. The van der Waals surface area contributed by atoms with Crippen LogP contribution < -0.4 is 9.80 Å². The number of benzene rings is 1. The Balaban J connectivity index is 1.54. The molecule has 0 radical (unpaired) electrons. The summed E-state index contributed by atoms with van der Waals surface area (Å²) in [4.78, 5) is 22.5. The number of halogens is 1. The molecule has 30 heavy (non-hydrogen) atoms. The first-order valence-electron chi connectivity index (χ1n) is 10.1. The van der Waals surface area contributed by atoms with Crippen molar-refractivity contribution in [2.24, 2.45) is 0 Å². The van der Waals surface area contributed by atoms with Crippen LogP contribution in [0.2, 0.25) is 5.02 Å². The zero-order chi connectivity index (χ0) is 20.9. The molecule has 0 aliphatic carbocycles. The van der Waals surface area contributed by atoms with E-state index in [2.05, 4.69) is 25.0 Å². The van der Waals surface area contributed by atoms with Gasteiger partial charge in [-0.3, -0.25) is 0 Å². The van der Waals surface area contributed by atoms with Crippen LogP contribution in [-0.4, -0.2) is 56.9 Å². The molecular weight excluding hydrogens is 420 g/mol. The van der Waals surface area contributed by atoms with E-state index in [4.69, 9.17) is 16.6 Å². The number of hydrogen-bond donors (Lipinski definition) is 0. The van der Waals surface area contributed by atoms with Crippen LogP contribution in [0, 0.1) is 0 Å². The lowest BCUT2D eigenvalue weighted by atomic mass is 10.2. The summed E-state index contributed by atoms with van der Waals surface area (Å²) in [7, 11) is 3.86. The lowest BCUT2D eigenvalue weighted by Crippen LogP contribution is -2.28. The lowest BCUT2D eigenvalue weighted by Gasteiger charge is -2.22. The molecule has 0 unspecified atom stereocenters. The van der Waals surface area contributed by atoms with Crippen molar-refractivity contribution < 1.29 is 0 Å². The zero-order valence-electron chi connectivity index (χ0n) is 17.2. The minimum Gasteiger partial charge on any atom is -0.347 e. The molecule has 3 heterocycles. The van der Waals surface area contributed by atoms with E-state index in [1.807, 2.05) is 43.3 Å². The molecule has 0 saturated carbocycles.